The minimum absolute atomic E-state index is 0.0149. The van der Waals surface area contributed by atoms with Crippen LogP contribution in [0.2, 0.25) is 0 Å². The summed E-state index contributed by atoms with van der Waals surface area (Å²) in [6, 6.07) is 6.11. The smallest absolute Gasteiger partial charge is 0.234 e. The second-order valence-corrected chi connectivity index (χ2v) is 8.58. The highest BCUT2D eigenvalue weighted by Crippen LogP contribution is 2.15. The van der Waals surface area contributed by atoms with Crippen LogP contribution >= 0.6 is 0 Å². The summed E-state index contributed by atoms with van der Waals surface area (Å²) in [5.41, 5.74) is 1.10. The monoisotopic (exact) mass is 302 g/mol. The van der Waals surface area contributed by atoms with Gasteiger partial charge in [0.15, 0.2) is 0 Å². The van der Waals surface area contributed by atoms with Gasteiger partial charge in [-0.15, -0.1) is 0 Å². The lowest BCUT2D eigenvalue weighted by atomic mass is 10.1. The molecule has 1 aromatic carbocycles. The van der Waals surface area contributed by atoms with E-state index in [1.54, 1.807) is 19.1 Å². The van der Waals surface area contributed by atoms with Gasteiger partial charge < -0.3 is 0 Å². The van der Waals surface area contributed by atoms with Crippen LogP contribution in [0.25, 0.3) is 0 Å². The molecule has 0 spiro atoms. The molecule has 0 unspecified atom stereocenters. The predicted octanol–water partition coefficient (Wildman–Crippen LogP) is 1.61. The van der Waals surface area contributed by atoms with Crippen molar-refractivity contribution in [1.29, 1.82) is 0 Å². The normalized spacial score (nSPS) is 15.3. The zero-order chi connectivity index (χ0) is 14.8. The fourth-order valence-corrected chi connectivity index (χ4v) is 2.40. The van der Waals surface area contributed by atoms with Crippen molar-refractivity contribution in [3.63, 3.8) is 0 Å². The standard InChI is InChI=1S/C12H18N2O3S2/c1-9(14-18(15)12(2,3)4)10-6-5-7-11(8-10)19(13,16)17/h5-8H,1-4H3,(H2,13,16,17)/b14-9+/t18-/m0/s1. The number of sulfonamides is 1. The van der Waals surface area contributed by atoms with Crippen molar-refractivity contribution in [2.75, 3.05) is 0 Å². The minimum Gasteiger partial charge on any atom is -0.234 e. The molecule has 2 N–H and O–H groups in total. The SMILES string of the molecule is C/C(=N\[S@@](=O)C(C)(C)C)c1cccc(S(N)(=O)=O)c1. The van der Waals surface area contributed by atoms with Gasteiger partial charge in [0.1, 0.15) is 11.0 Å². The van der Waals surface area contributed by atoms with E-state index in [2.05, 4.69) is 4.40 Å². The Hall–Kier alpha value is -1.05. The molecule has 0 radical (unpaired) electrons. The first-order valence-corrected chi connectivity index (χ1v) is 8.27. The highest BCUT2D eigenvalue weighted by atomic mass is 32.2. The number of nitrogens with two attached hydrogens (primary N) is 1. The predicted molar refractivity (Wildman–Crippen MR) is 77.9 cm³/mol. The van der Waals surface area contributed by atoms with Gasteiger partial charge in [-0.3, -0.25) is 0 Å². The quantitative estimate of drug-likeness (QED) is 0.860. The van der Waals surface area contributed by atoms with Crippen molar-refractivity contribution >= 4 is 26.7 Å². The fourth-order valence-electron chi connectivity index (χ4n) is 1.21. The van der Waals surface area contributed by atoms with Gasteiger partial charge in [0.25, 0.3) is 0 Å². The molecule has 7 heteroatoms. The first-order valence-electron chi connectivity index (χ1n) is 5.62. The first kappa shape index (κ1) is 16.0. The molecule has 106 valence electrons. The van der Waals surface area contributed by atoms with Gasteiger partial charge in [-0.1, -0.05) is 12.1 Å². The fraction of sp³-hybridized carbons (Fsp3) is 0.417. The van der Waals surface area contributed by atoms with E-state index in [1.165, 1.54) is 12.1 Å². The van der Waals surface area contributed by atoms with E-state index in [1.807, 2.05) is 20.8 Å². The van der Waals surface area contributed by atoms with E-state index in [0.29, 0.717) is 11.3 Å². The molecular weight excluding hydrogens is 284 g/mol. The summed E-state index contributed by atoms with van der Waals surface area (Å²) in [5.74, 6) is 0. The van der Waals surface area contributed by atoms with Gasteiger partial charge in [-0.25, -0.2) is 17.8 Å². The Bertz CT molecular complexity index is 629. The molecule has 19 heavy (non-hydrogen) atoms. The Labute approximate surface area is 116 Å². The van der Waals surface area contributed by atoms with Crippen molar-refractivity contribution in [2.24, 2.45) is 9.54 Å². The molecule has 0 aromatic heterocycles. The Balaban J connectivity index is 3.18. The van der Waals surface area contributed by atoms with Crippen molar-refractivity contribution in [3.05, 3.63) is 29.8 Å². The van der Waals surface area contributed by atoms with Crippen LogP contribution < -0.4 is 5.14 Å². The topological polar surface area (TPSA) is 89.6 Å². The van der Waals surface area contributed by atoms with Gasteiger partial charge in [0, 0.05) is 0 Å². The van der Waals surface area contributed by atoms with Crippen molar-refractivity contribution in [2.45, 2.75) is 37.3 Å². The number of hydrogen-bond acceptors (Lipinski definition) is 3. The van der Waals surface area contributed by atoms with Crippen LogP contribution in [-0.2, 0) is 21.0 Å². The van der Waals surface area contributed by atoms with Crippen LogP contribution in [0.1, 0.15) is 33.3 Å². The summed E-state index contributed by atoms with van der Waals surface area (Å²) in [5, 5.41) is 5.07. The summed E-state index contributed by atoms with van der Waals surface area (Å²) >= 11 is 0. The summed E-state index contributed by atoms with van der Waals surface area (Å²) in [6.45, 7) is 7.15. The van der Waals surface area contributed by atoms with Crippen LogP contribution in [0, 0.1) is 0 Å². The van der Waals surface area contributed by atoms with E-state index >= 15 is 0 Å². The van der Waals surface area contributed by atoms with Gasteiger partial charge in [-0.2, -0.15) is 4.40 Å². The zero-order valence-corrected chi connectivity index (χ0v) is 13.0. The molecule has 1 atom stereocenters. The molecule has 0 saturated carbocycles. The van der Waals surface area contributed by atoms with Crippen LogP contribution in [0.4, 0.5) is 0 Å². The van der Waals surface area contributed by atoms with Crippen molar-refractivity contribution < 1.29 is 12.6 Å². The molecule has 0 aliphatic carbocycles. The zero-order valence-electron chi connectivity index (χ0n) is 11.4. The number of primary sulfonamides is 1. The second-order valence-electron chi connectivity index (χ2n) is 5.11. The van der Waals surface area contributed by atoms with Crippen molar-refractivity contribution in [3.8, 4) is 0 Å². The molecule has 0 aliphatic rings. The average Bonchev–Trinajstić information content (AvgIpc) is 2.26. The third-order valence-corrected chi connectivity index (χ3v) is 4.72. The van der Waals surface area contributed by atoms with Gasteiger partial charge >= 0.3 is 0 Å². The first-order chi connectivity index (χ1) is 8.51. The lowest BCUT2D eigenvalue weighted by Crippen LogP contribution is -2.20. The van der Waals surface area contributed by atoms with Gasteiger partial charge in [0.05, 0.1) is 15.4 Å². The number of hydrogen-bond donors (Lipinski definition) is 1. The molecule has 1 aromatic rings. The molecule has 0 aliphatic heterocycles. The lowest BCUT2D eigenvalue weighted by molar-refractivity contribution is 0.598. The Morgan fingerprint density at radius 2 is 1.89 bits per heavy atom. The summed E-state index contributed by atoms with van der Waals surface area (Å²) < 4.78 is 38.1. The Kier molecular flexibility index (Phi) is 4.65. The summed E-state index contributed by atoms with van der Waals surface area (Å²) in [6.07, 6.45) is 0. The number of rotatable bonds is 3. The third kappa shape index (κ3) is 4.52. The van der Waals surface area contributed by atoms with Crippen LogP contribution in [0.5, 0.6) is 0 Å². The Morgan fingerprint density at radius 3 is 2.37 bits per heavy atom. The van der Waals surface area contributed by atoms with Crippen molar-refractivity contribution in [1.82, 2.24) is 0 Å². The van der Waals surface area contributed by atoms with Crippen LogP contribution in [-0.4, -0.2) is 23.1 Å². The molecule has 0 fully saturated rings. The van der Waals surface area contributed by atoms with Gasteiger partial charge in [-0.05, 0) is 45.4 Å². The number of nitrogens with zero attached hydrogens (tertiary/aromatic N) is 1. The maximum absolute atomic E-state index is 11.9. The van der Waals surface area contributed by atoms with E-state index in [0.717, 1.165) is 0 Å². The van der Waals surface area contributed by atoms with E-state index < -0.39 is 25.8 Å². The number of benzene rings is 1. The highest BCUT2D eigenvalue weighted by molar-refractivity contribution is 7.89. The van der Waals surface area contributed by atoms with Crippen LogP contribution in [0.3, 0.4) is 0 Å². The molecule has 0 amide bonds. The molecule has 0 bridgehead atoms. The minimum atomic E-state index is -3.75. The third-order valence-electron chi connectivity index (χ3n) is 2.32. The highest BCUT2D eigenvalue weighted by Gasteiger charge is 2.19. The van der Waals surface area contributed by atoms with Gasteiger partial charge in [0.2, 0.25) is 10.0 Å². The second kappa shape index (κ2) is 5.52. The summed E-state index contributed by atoms with van der Waals surface area (Å²) in [4.78, 5) is 0.0149. The average molecular weight is 302 g/mol. The van der Waals surface area contributed by atoms with Crippen LogP contribution in [0.15, 0.2) is 33.6 Å². The molecule has 0 heterocycles. The maximum Gasteiger partial charge on any atom is 0.238 e. The van der Waals surface area contributed by atoms with E-state index in [9.17, 15) is 12.6 Å². The van der Waals surface area contributed by atoms with E-state index in [-0.39, 0.29) is 4.90 Å². The summed E-state index contributed by atoms with van der Waals surface area (Å²) in [7, 11) is -5.13. The Morgan fingerprint density at radius 1 is 1.32 bits per heavy atom. The van der Waals surface area contributed by atoms with E-state index in [4.69, 9.17) is 5.14 Å². The molecule has 0 saturated heterocycles. The lowest BCUT2D eigenvalue weighted by Gasteiger charge is -2.14. The largest absolute Gasteiger partial charge is 0.238 e. The molecular formula is C12H18N2O3S2. The maximum atomic E-state index is 11.9. The molecule has 5 nitrogen and oxygen atoms in total. The molecule has 1 rings (SSSR count).